The Morgan fingerprint density at radius 2 is 1.77 bits per heavy atom. The Hall–Kier alpha value is -0.000000000000000111. The van der Waals surface area contributed by atoms with Gasteiger partial charge in [0.25, 0.3) is 0 Å². The molecule has 1 aliphatic heterocycles. The fourth-order valence-electron chi connectivity index (χ4n) is 1.23. The van der Waals surface area contributed by atoms with Gasteiger partial charge in [-0.1, -0.05) is 0 Å². The molecule has 0 unspecified atom stereocenters. The average Bonchev–Trinajstić information content (AvgIpc) is 2.03. The summed E-state index contributed by atoms with van der Waals surface area (Å²) in [6.45, 7) is 1.49. The molecule has 0 bridgehead atoms. The lowest BCUT2D eigenvalue weighted by molar-refractivity contribution is 0.347. The first-order chi connectivity index (χ1) is 5.99. The normalized spacial score (nSPS) is 20.5. The molecule has 76 valence electrons. The highest BCUT2D eigenvalue weighted by Crippen LogP contribution is 2.12. The molecule has 1 rings (SSSR count). The maximum Gasteiger partial charge on any atom is 0.342 e. The molecule has 13 heavy (non-hydrogen) atoms. The van der Waals surface area contributed by atoms with E-state index >= 15 is 0 Å². The van der Waals surface area contributed by atoms with Crippen LogP contribution in [0.3, 0.4) is 0 Å². The summed E-state index contributed by atoms with van der Waals surface area (Å²) in [5, 5.41) is -0.0327. The van der Waals surface area contributed by atoms with E-state index in [1.807, 2.05) is 0 Å². The van der Waals surface area contributed by atoms with Gasteiger partial charge in [-0.05, 0) is 30.9 Å². The molecule has 0 aromatic carbocycles. The summed E-state index contributed by atoms with van der Waals surface area (Å²) >= 11 is 5.66. The van der Waals surface area contributed by atoms with E-state index in [0.717, 1.165) is 32.4 Å². The van der Waals surface area contributed by atoms with E-state index in [-0.39, 0.29) is 5.29 Å². The second kappa shape index (κ2) is 4.48. The summed E-state index contributed by atoms with van der Waals surface area (Å²) in [7, 11) is 1.03. The minimum absolute atomic E-state index is 0.0327. The molecule has 0 radical (unpaired) electrons. The molecular formula is C6H10Cl2N2O2S. The van der Waals surface area contributed by atoms with Crippen LogP contribution in [0.2, 0.25) is 0 Å². The van der Waals surface area contributed by atoms with E-state index in [9.17, 15) is 8.42 Å². The van der Waals surface area contributed by atoms with Crippen molar-refractivity contribution in [3.8, 4) is 0 Å². The average molecular weight is 245 g/mol. The molecule has 4 nitrogen and oxygen atoms in total. The van der Waals surface area contributed by atoms with Gasteiger partial charge >= 0.3 is 9.24 Å². The standard InChI is InChI=1S/C6H10Cl2N2O2S/c7-6(9-13(8,11)12)10-4-2-1-3-5-10/h1-5H2/b9-6+. The van der Waals surface area contributed by atoms with Crippen molar-refractivity contribution >= 4 is 36.8 Å². The fraction of sp³-hybridized carbons (Fsp3) is 0.833. The van der Waals surface area contributed by atoms with Crippen LogP contribution in [0.1, 0.15) is 19.3 Å². The van der Waals surface area contributed by atoms with Crippen molar-refractivity contribution in [2.75, 3.05) is 13.1 Å². The number of likely N-dealkylation sites (tertiary alicyclic amines) is 1. The number of piperidine rings is 1. The molecule has 0 aromatic rings. The van der Waals surface area contributed by atoms with Gasteiger partial charge in [0, 0.05) is 23.8 Å². The Bertz CT molecular complexity index is 296. The third-order valence-electron chi connectivity index (χ3n) is 1.80. The van der Waals surface area contributed by atoms with Gasteiger partial charge < -0.3 is 4.90 Å². The fourth-order valence-corrected chi connectivity index (χ4v) is 2.27. The maximum atomic E-state index is 10.6. The van der Waals surface area contributed by atoms with E-state index in [1.54, 1.807) is 4.90 Å². The van der Waals surface area contributed by atoms with E-state index in [1.165, 1.54) is 0 Å². The first kappa shape index (κ1) is 11.1. The summed E-state index contributed by atoms with van der Waals surface area (Å²) in [4.78, 5) is 1.71. The Balaban J connectivity index is 2.65. The van der Waals surface area contributed by atoms with E-state index in [2.05, 4.69) is 4.40 Å². The lowest BCUT2D eigenvalue weighted by Crippen LogP contribution is -2.33. The number of rotatable bonds is 1. The van der Waals surface area contributed by atoms with Crippen LogP contribution in [0.15, 0.2) is 4.40 Å². The lowest BCUT2D eigenvalue weighted by Gasteiger charge is -2.26. The molecular weight excluding hydrogens is 235 g/mol. The summed E-state index contributed by atoms with van der Waals surface area (Å²) in [6, 6.07) is 0. The highest BCUT2D eigenvalue weighted by Gasteiger charge is 2.15. The number of hydrogen-bond acceptors (Lipinski definition) is 2. The molecule has 0 aliphatic carbocycles. The van der Waals surface area contributed by atoms with Crippen LogP contribution in [0, 0.1) is 0 Å². The highest BCUT2D eigenvalue weighted by atomic mass is 35.7. The SMILES string of the molecule is O=S(=O)(Cl)/N=C(\Cl)N1CCCCC1. The Kier molecular flexibility index (Phi) is 3.82. The van der Waals surface area contributed by atoms with Crippen LogP contribution in [0.25, 0.3) is 0 Å². The van der Waals surface area contributed by atoms with Crippen molar-refractivity contribution in [3.05, 3.63) is 0 Å². The van der Waals surface area contributed by atoms with Crippen LogP contribution < -0.4 is 0 Å². The molecule has 0 amide bonds. The Morgan fingerprint density at radius 1 is 1.23 bits per heavy atom. The highest BCUT2D eigenvalue weighted by molar-refractivity contribution is 8.12. The molecule has 1 aliphatic rings. The molecule has 0 atom stereocenters. The van der Waals surface area contributed by atoms with Gasteiger partial charge in [0.1, 0.15) is 0 Å². The van der Waals surface area contributed by atoms with Crippen molar-refractivity contribution in [3.63, 3.8) is 0 Å². The minimum atomic E-state index is -3.89. The van der Waals surface area contributed by atoms with Crippen LogP contribution in [0.5, 0.6) is 0 Å². The van der Waals surface area contributed by atoms with Gasteiger partial charge in [0.05, 0.1) is 0 Å². The van der Waals surface area contributed by atoms with Gasteiger partial charge in [-0.15, -0.1) is 4.40 Å². The van der Waals surface area contributed by atoms with E-state index in [0.29, 0.717) is 0 Å². The largest absolute Gasteiger partial charge is 0.346 e. The molecule has 0 spiro atoms. The molecule has 0 N–H and O–H groups in total. The zero-order valence-corrected chi connectivity index (χ0v) is 9.24. The Labute approximate surface area is 87.1 Å². The van der Waals surface area contributed by atoms with Gasteiger partial charge in [-0.2, -0.15) is 8.42 Å². The zero-order valence-electron chi connectivity index (χ0n) is 6.91. The topological polar surface area (TPSA) is 49.7 Å². The third-order valence-corrected chi connectivity index (χ3v) is 2.82. The summed E-state index contributed by atoms with van der Waals surface area (Å²) in [6.07, 6.45) is 3.16. The Morgan fingerprint density at radius 3 is 2.23 bits per heavy atom. The van der Waals surface area contributed by atoms with E-state index in [4.69, 9.17) is 22.3 Å². The maximum absolute atomic E-state index is 10.6. The van der Waals surface area contributed by atoms with Gasteiger partial charge in [0.15, 0.2) is 0 Å². The van der Waals surface area contributed by atoms with Crippen LogP contribution >= 0.6 is 22.3 Å². The number of hydrogen-bond donors (Lipinski definition) is 0. The quantitative estimate of drug-likeness (QED) is 0.305. The zero-order chi connectivity index (χ0) is 9.90. The number of halogens is 2. The summed E-state index contributed by atoms with van der Waals surface area (Å²) < 4.78 is 24.3. The monoisotopic (exact) mass is 244 g/mol. The summed E-state index contributed by atoms with van der Waals surface area (Å²) in [5.74, 6) is 0. The van der Waals surface area contributed by atoms with E-state index < -0.39 is 9.24 Å². The lowest BCUT2D eigenvalue weighted by atomic mass is 10.1. The molecule has 7 heteroatoms. The first-order valence-electron chi connectivity index (χ1n) is 3.94. The molecule has 0 aromatic heterocycles. The molecule has 1 fully saturated rings. The summed E-state index contributed by atoms with van der Waals surface area (Å²) in [5.41, 5.74) is 0. The smallest absolute Gasteiger partial charge is 0.342 e. The van der Waals surface area contributed by atoms with Crippen LogP contribution in [-0.4, -0.2) is 31.7 Å². The van der Waals surface area contributed by atoms with Crippen molar-refractivity contribution in [1.29, 1.82) is 0 Å². The van der Waals surface area contributed by atoms with Gasteiger partial charge in [0.2, 0.25) is 5.29 Å². The number of nitrogens with zero attached hydrogens (tertiary/aromatic N) is 2. The molecule has 1 heterocycles. The number of amidine groups is 1. The second-order valence-corrected chi connectivity index (χ2v) is 5.33. The van der Waals surface area contributed by atoms with Crippen molar-refractivity contribution in [2.45, 2.75) is 19.3 Å². The van der Waals surface area contributed by atoms with Crippen LogP contribution in [-0.2, 0) is 9.24 Å². The predicted octanol–water partition coefficient (Wildman–Crippen LogP) is 1.55. The van der Waals surface area contributed by atoms with Crippen molar-refractivity contribution in [1.82, 2.24) is 4.90 Å². The predicted molar refractivity (Wildman–Crippen MR) is 53.5 cm³/mol. The van der Waals surface area contributed by atoms with Crippen molar-refractivity contribution < 1.29 is 8.42 Å². The van der Waals surface area contributed by atoms with Crippen molar-refractivity contribution in [2.24, 2.45) is 4.40 Å². The third kappa shape index (κ3) is 4.15. The van der Waals surface area contributed by atoms with Gasteiger partial charge in [-0.3, -0.25) is 0 Å². The molecule has 1 saturated heterocycles. The van der Waals surface area contributed by atoms with Crippen LogP contribution in [0.4, 0.5) is 0 Å². The van der Waals surface area contributed by atoms with Gasteiger partial charge in [-0.25, -0.2) is 0 Å². The minimum Gasteiger partial charge on any atom is -0.346 e. The second-order valence-electron chi connectivity index (χ2n) is 2.82. The first-order valence-corrected chi connectivity index (χ1v) is 6.58. The molecule has 0 saturated carbocycles.